The van der Waals surface area contributed by atoms with Crippen LogP contribution in [0.1, 0.15) is 53.4 Å². The highest BCUT2D eigenvalue weighted by Crippen LogP contribution is 2.46. The van der Waals surface area contributed by atoms with Crippen LogP contribution in [0.2, 0.25) is 0 Å². The van der Waals surface area contributed by atoms with Gasteiger partial charge in [0.25, 0.3) is 0 Å². The average Bonchev–Trinajstić information content (AvgIpc) is 2.23. The Hall–Kier alpha value is -0.0800. The third-order valence-corrected chi connectivity index (χ3v) is 5.77. The summed E-state index contributed by atoms with van der Waals surface area (Å²) in [5, 5.41) is 10.0. The van der Waals surface area contributed by atoms with Crippen molar-refractivity contribution < 1.29 is 5.11 Å². The van der Waals surface area contributed by atoms with Crippen molar-refractivity contribution in [1.82, 2.24) is 0 Å². The molecule has 1 aliphatic rings. The van der Waals surface area contributed by atoms with E-state index in [1.54, 1.807) is 6.08 Å². The predicted molar refractivity (Wildman–Crippen MR) is 78.5 cm³/mol. The van der Waals surface area contributed by atoms with Crippen molar-refractivity contribution in [1.29, 1.82) is 0 Å². The maximum atomic E-state index is 10.0. The van der Waals surface area contributed by atoms with Crippen molar-refractivity contribution in [3.05, 3.63) is 23.8 Å². The zero-order chi connectivity index (χ0) is 13.3. The van der Waals surface area contributed by atoms with Gasteiger partial charge in [0.1, 0.15) is 0 Å². The number of rotatable bonds is 4. The molecule has 2 unspecified atom stereocenters. The molecule has 0 fully saturated rings. The molecule has 1 nitrogen and oxygen atoms in total. The van der Waals surface area contributed by atoms with Crippen molar-refractivity contribution in [2.75, 3.05) is 0 Å². The van der Waals surface area contributed by atoms with Crippen molar-refractivity contribution in [2.24, 2.45) is 5.41 Å². The van der Waals surface area contributed by atoms with Gasteiger partial charge in [-0.15, -0.1) is 6.58 Å². The molecule has 1 rings (SSSR count). The van der Waals surface area contributed by atoms with E-state index in [1.807, 2.05) is 6.92 Å². The molecule has 1 aliphatic carbocycles. The molecule has 1 N–H and O–H groups in total. The van der Waals surface area contributed by atoms with Gasteiger partial charge >= 0.3 is 0 Å². The highest BCUT2D eigenvalue weighted by atomic mass is 79.9. The van der Waals surface area contributed by atoms with Crippen LogP contribution in [0, 0.1) is 5.41 Å². The second kappa shape index (κ2) is 5.27. The monoisotopic (exact) mass is 300 g/mol. The molecule has 0 amide bonds. The Kier molecular flexibility index (Phi) is 4.65. The van der Waals surface area contributed by atoms with Crippen molar-refractivity contribution >= 4 is 15.9 Å². The van der Waals surface area contributed by atoms with E-state index in [0.29, 0.717) is 4.83 Å². The van der Waals surface area contributed by atoms with Crippen LogP contribution >= 0.6 is 15.9 Å². The van der Waals surface area contributed by atoms with Gasteiger partial charge in [0.05, 0.1) is 5.60 Å². The molecule has 0 bridgehead atoms. The fraction of sp³-hybridized carbons (Fsp3) is 0.733. The maximum Gasteiger partial charge on any atom is 0.0800 e. The number of aliphatic hydroxyl groups is 1. The van der Waals surface area contributed by atoms with Crippen LogP contribution in [0.4, 0.5) is 0 Å². The molecule has 0 heterocycles. The summed E-state index contributed by atoms with van der Waals surface area (Å²) in [5.41, 5.74) is 2.46. The van der Waals surface area contributed by atoms with E-state index < -0.39 is 5.60 Å². The molecule has 98 valence electrons. The van der Waals surface area contributed by atoms with Gasteiger partial charge in [0.2, 0.25) is 0 Å². The SMILES string of the molecule is C=CC(C)(O)CCC1=C(C)CCC(Br)C1(C)C. The minimum atomic E-state index is -0.747. The molecule has 0 saturated heterocycles. The van der Waals surface area contributed by atoms with E-state index in [-0.39, 0.29) is 5.41 Å². The summed E-state index contributed by atoms with van der Waals surface area (Å²) in [4.78, 5) is 0.544. The molecule has 0 aromatic carbocycles. The third kappa shape index (κ3) is 3.45. The molecule has 0 saturated carbocycles. The number of hydrogen-bond acceptors (Lipinski definition) is 1. The Bertz CT molecular complexity index is 326. The highest BCUT2D eigenvalue weighted by Gasteiger charge is 2.36. The second-order valence-corrected chi connectivity index (χ2v) is 7.15. The summed E-state index contributed by atoms with van der Waals surface area (Å²) in [6.07, 6.45) is 5.74. The Balaban J connectivity index is 2.84. The molecule has 2 heteroatoms. The molecular weight excluding hydrogens is 276 g/mol. The van der Waals surface area contributed by atoms with E-state index in [0.717, 1.165) is 12.8 Å². The number of allylic oxidation sites excluding steroid dienone is 2. The van der Waals surface area contributed by atoms with Gasteiger partial charge in [0, 0.05) is 4.83 Å². The number of hydrogen-bond donors (Lipinski definition) is 1. The quantitative estimate of drug-likeness (QED) is 0.594. The summed E-state index contributed by atoms with van der Waals surface area (Å²) in [6.45, 7) is 12.4. The molecule has 2 atom stereocenters. The fourth-order valence-corrected chi connectivity index (χ4v) is 3.11. The van der Waals surface area contributed by atoms with Crippen LogP contribution in [0.3, 0.4) is 0 Å². The van der Waals surface area contributed by atoms with E-state index in [4.69, 9.17) is 0 Å². The average molecular weight is 301 g/mol. The molecule has 0 spiro atoms. The first-order valence-corrected chi connectivity index (χ1v) is 7.31. The first-order chi connectivity index (χ1) is 7.70. The summed E-state index contributed by atoms with van der Waals surface area (Å²) in [5.74, 6) is 0. The Morgan fingerprint density at radius 3 is 2.71 bits per heavy atom. The lowest BCUT2D eigenvalue weighted by molar-refractivity contribution is 0.100. The summed E-state index contributed by atoms with van der Waals surface area (Å²) >= 11 is 3.80. The van der Waals surface area contributed by atoms with Gasteiger partial charge in [-0.2, -0.15) is 0 Å². The van der Waals surface area contributed by atoms with Crippen molar-refractivity contribution in [3.63, 3.8) is 0 Å². The van der Waals surface area contributed by atoms with Crippen LogP contribution in [0.15, 0.2) is 23.8 Å². The highest BCUT2D eigenvalue weighted by molar-refractivity contribution is 9.09. The molecule has 0 radical (unpaired) electrons. The Morgan fingerprint density at radius 2 is 2.18 bits per heavy atom. The van der Waals surface area contributed by atoms with Crippen molar-refractivity contribution in [2.45, 2.75) is 63.8 Å². The van der Waals surface area contributed by atoms with Crippen LogP contribution in [-0.4, -0.2) is 15.5 Å². The Morgan fingerprint density at radius 1 is 1.59 bits per heavy atom. The standard InChI is InChI=1S/C15H25BrO/c1-6-15(5,17)10-9-12-11(2)7-8-13(16)14(12,3)4/h6,13,17H,1,7-10H2,2-5H3. The minimum absolute atomic E-state index is 0.194. The number of alkyl halides is 1. The normalized spacial score (nSPS) is 27.8. The Labute approximate surface area is 114 Å². The largest absolute Gasteiger partial charge is 0.386 e. The first kappa shape index (κ1) is 15.0. The fourth-order valence-electron chi connectivity index (χ4n) is 2.61. The first-order valence-electron chi connectivity index (χ1n) is 6.40. The smallest absolute Gasteiger partial charge is 0.0800 e. The zero-order valence-corrected chi connectivity index (χ0v) is 13.1. The summed E-state index contributed by atoms with van der Waals surface area (Å²) in [7, 11) is 0. The van der Waals surface area contributed by atoms with Crippen LogP contribution in [0.5, 0.6) is 0 Å². The van der Waals surface area contributed by atoms with Gasteiger partial charge in [-0.3, -0.25) is 0 Å². The van der Waals surface area contributed by atoms with Crippen molar-refractivity contribution in [3.8, 4) is 0 Å². The predicted octanol–water partition coefficient (Wildman–Crippen LogP) is 4.60. The molecule has 17 heavy (non-hydrogen) atoms. The summed E-state index contributed by atoms with van der Waals surface area (Å²) < 4.78 is 0. The lowest BCUT2D eigenvalue weighted by Crippen LogP contribution is -2.32. The second-order valence-electron chi connectivity index (χ2n) is 6.05. The molecule has 0 aromatic heterocycles. The molecule has 0 aromatic rings. The van der Waals surface area contributed by atoms with E-state index in [2.05, 4.69) is 43.3 Å². The van der Waals surface area contributed by atoms with E-state index in [9.17, 15) is 5.11 Å². The topological polar surface area (TPSA) is 20.2 Å². The van der Waals surface area contributed by atoms with Crippen LogP contribution in [-0.2, 0) is 0 Å². The summed E-state index contributed by atoms with van der Waals surface area (Å²) in [6, 6.07) is 0. The van der Waals surface area contributed by atoms with Gasteiger partial charge in [-0.05, 0) is 44.9 Å². The van der Waals surface area contributed by atoms with Gasteiger partial charge in [0.15, 0.2) is 0 Å². The molecule has 0 aliphatic heterocycles. The number of halogens is 1. The molecular formula is C15H25BrO. The van der Waals surface area contributed by atoms with Crippen LogP contribution in [0.25, 0.3) is 0 Å². The minimum Gasteiger partial charge on any atom is -0.386 e. The lowest BCUT2D eigenvalue weighted by Gasteiger charge is -2.40. The third-order valence-electron chi connectivity index (χ3n) is 4.17. The van der Waals surface area contributed by atoms with Crippen LogP contribution < -0.4 is 0 Å². The van der Waals surface area contributed by atoms with E-state index >= 15 is 0 Å². The zero-order valence-electron chi connectivity index (χ0n) is 11.5. The maximum absolute atomic E-state index is 10.0. The van der Waals surface area contributed by atoms with Gasteiger partial charge in [-0.25, -0.2) is 0 Å². The van der Waals surface area contributed by atoms with Gasteiger partial charge in [-0.1, -0.05) is 47.0 Å². The van der Waals surface area contributed by atoms with E-state index in [1.165, 1.54) is 24.0 Å². The lowest BCUT2D eigenvalue weighted by atomic mass is 9.70. The van der Waals surface area contributed by atoms with Gasteiger partial charge < -0.3 is 5.11 Å².